The smallest absolute Gasteiger partial charge is 0.158 e. The zero-order chi connectivity index (χ0) is 17.9. The SMILES string of the molecule is CCOc1ccc(-n2ccc([C@@H]3OCCN3c3ccc(F)cc3)c2)cc1. The Morgan fingerprint density at radius 2 is 1.77 bits per heavy atom. The summed E-state index contributed by atoms with van der Waals surface area (Å²) >= 11 is 0. The van der Waals surface area contributed by atoms with E-state index in [9.17, 15) is 4.39 Å². The molecule has 0 bridgehead atoms. The number of nitrogens with zero attached hydrogens (tertiary/aromatic N) is 2. The number of rotatable bonds is 5. The van der Waals surface area contributed by atoms with Crippen molar-refractivity contribution < 1.29 is 13.9 Å². The van der Waals surface area contributed by atoms with Crippen molar-refractivity contribution in [3.63, 3.8) is 0 Å². The first-order valence-electron chi connectivity index (χ1n) is 8.79. The van der Waals surface area contributed by atoms with Crippen molar-refractivity contribution >= 4 is 5.69 Å². The molecule has 1 fully saturated rings. The minimum Gasteiger partial charge on any atom is -0.494 e. The molecule has 0 saturated carbocycles. The second kappa shape index (κ2) is 7.22. The fourth-order valence-corrected chi connectivity index (χ4v) is 3.24. The maximum Gasteiger partial charge on any atom is 0.158 e. The van der Waals surface area contributed by atoms with Crippen LogP contribution in [0.5, 0.6) is 5.75 Å². The second-order valence-corrected chi connectivity index (χ2v) is 6.17. The number of anilines is 1. The summed E-state index contributed by atoms with van der Waals surface area (Å²) in [6.45, 7) is 4.06. The average molecular weight is 352 g/mol. The Morgan fingerprint density at radius 1 is 1.04 bits per heavy atom. The number of hydrogen-bond acceptors (Lipinski definition) is 3. The first-order chi connectivity index (χ1) is 12.7. The summed E-state index contributed by atoms with van der Waals surface area (Å²) in [5, 5.41) is 0. The van der Waals surface area contributed by atoms with Crippen LogP contribution in [0.25, 0.3) is 5.69 Å². The molecule has 1 aliphatic heterocycles. The van der Waals surface area contributed by atoms with Crippen LogP contribution in [0.3, 0.4) is 0 Å². The van der Waals surface area contributed by atoms with E-state index < -0.39 is 0 Å². The van der Waals surface area contributed by atoms with Crippen molar-refractivity contribution in [2.75, 3.05) is 24.7 Å². The number of halogens is 1. The number of aromatic nitrogens is 1. The highest BCUT2D eigenvalue weighted by Gasteiger charge is 2.27. The lowest BCUT2D eigenvalue weighted by molar-refractivity contribution is 0.114. The quantitative estimate of drug-likeness (QED) is 0.674. The maximum absolute atomic E-state index is 13.2. The van der Waals surface area contributed by atoms with Crippen molar-refractivity contribution in [2.45, 2.75) is 13.2 Å². The number of benzene rings is 2. The minimum absolute atomic E-state index is 0.163. The fraction of sp³-hybridized carbons (Fsp3) is 0.238. The standard InChI is InChI=1S/C21H21FN2O2/c1-2-25-20-9-7-18(8-10-20)23-12-11-16(15-23)21-24(13-14-26-21)19-5-3-17(22)4-6-19/h3-12,15,21H,2,13-14H2,1H3/t21-/m0/s1. The van der Waals surface area contributed by atoms with Crippen molar-refractivity contribution in [3.8, 4) is 11.4 Å². The van der Waals surface area contributed by atoms with Crippen LogP contribution < -0.4 is 9.64 Å². The largest absolute Gasteiger partial charge is 0.494 e. The van der Waals surface area contributed by atoms with Gasteiger partial charge in [0.05, 0.1) is 13.2 Å². The molecule has 1 atom stereocenters. The minimum atomic E-state index is -0.230. The van der Waals surface area contributed by atoms with Crippen LogP contribution >= 0.6 is 0 Å². The third-order valence-electron chi connectivity index (χ3n) is 4.50. The second-order valence-electron chi connectivity index (χ2n) is 6.17. The highest BCUT2D eigenvalue weighted by molar-refractivity contribution is 5.49. The van der Waals surface area contributed by atoms with Gasteiger partial charge in [0.1, 0.15) is 11.6 Å². The Kier molecular flexibility index (Phi) is 4.63. The predicted molar refractivity (Wildman–Crippen MR) is 99.4 cm³/mol. The maximum atomic E-state index is 13.2. The summed E-state index contributed by atoms with van der Waals surface area (Å²) in [5.74, 6) is 0.636. The summed E-state index contributed by atoms with van der Waals surface area (Å²) in [7, 11) is 0. The number of hydrogen-bond donors (Lipinski definition) is 0. The van der Waals surface area contributed by atoms with Crippen LogP contribution in [0.1, 0.15) is 18.7 Å². The van der Waals surface area contributed by atoms with Gasteiger partial charge in [-0.05, 0) is 61.5 Å². The molecule has 4 nitrogen and oxygen atoms in total. The molecule has 0 radical (unpaired) electrons. The molecule has 1 saturated heterocycles. The Morgan fingerprint density at radius 3 is 2.50 bits per heavy atom. The molecule has 2 heterocycles. The topological polar surface area (TPSA) is 26.6 Å². The highest BCUT2D eigenvalue weighted by Crippen LogP contribution is 2.32. The summed E-state index contributed by atoms with van der Waals surface area (Å²) in [4.78, 5) is 2.15. The molecule has 5 heteroatoms. The molecule has 1 aliphatic rings. The first kappa shape index (κ1) is 16.7. The first-order valence-corrected chi connectivity index (χ1v) is 8.79. The van der Waals surface area contributed by atoms with E-state index >= 15 is 0 Å². The third-order valence-corrected chi connectivity index (χ3v) is 4.50. The molecule has 1 aromatic heterocycles. The van der Waals surface area contributed by atoms with Gasteiger partial charge < -0.3 is 18.9 Å². The fourth-order valence-electron chi connectivity index (χ4n) is 3.24. The Bertz CT molecular complexity index is 858. The molecule has 0 aliphatic carbocycles. The van der Waals surface area contributed by atoms with E-state index in [4.69, 9.17) is 9.47 Å². The van der Waals surface area contributed by atoms with E-state index in [-0.39, 0.29) is 12.0 Å². The van der Waals surface area contributed by atoms with Crippen molar-refractivity contribution in [2.24, 2.45) is 0 Å². The summed E-state index contributed by atoms with van der Waals surface area (Å²) < 4.78 is 26.7. The molecule has 2 aromatic carbocycles. The number of ether oxygens (including phenoxy) is 2. The monoisotopic (exact) mass is 352 g/mol. The molecule has 0 N–H and O–H groups in total. The molecule has 4 rings (SSSR count). The Balaban J connectivity index is 1.55. The van der Waals surface area contributed by atoms with Gasteiger partial charge in [-0.2, -0.15) is 0 Å². The molecular formula is C21H21FN2O2. The van der Waals surface area contributed by atoms with Gasteiger partial charge in [-0.3, -0.25) is 0 Å². The van der Waals surface area contributed by atoms with Crippen LogP contribution in [-0.4, -0.2) is 24.3 Å². The summed E-state index contributed by atoms with van der Waals surface area (Å²) in [6.07, 6.45) is 3.93. The predicted octanol–water partition coefficient (Wildman–Crippen LogP) is 4.55. The Hall–Kier alpha value is -2.79. The van der Waals surface area contributed by atoms with E-state index in [1.165, 1.54) is 12.1 Å². The molecule has 0 spiro atoms. The van der Waals surface area contributed by atoms with E-state index in [0.29, 0.717) is 13.2 Å². The molecule has 0 unspecified atom stereocenters. The van der Waals surface area contributed by atoms with Crippen LogP contribution in [-0.2, 0) is 4.74 Å². The molecular weight excluding hydrogens is 331 g/mol. The van der Waals surface area contributed by atoms with Gasteiger partial charge in [0.15, 0.2) is 6.23 Å². The van der Waals surface area contributed by atoms with Crippen LogP contribution in [0.2, 0.25) is 0 Å². The van der Waals surface area contributed by atoms with E-state index in [1.54, 1.807) is 12.1 Å². The Labute approximate surface area is 152 Å². The third kappa shape index (κ3) is 3.30. The average Bonchev–Trinajstić information content (AvgIpc) is 3.32. The van der Waals surface area contributed by atoms with Gasteiger partial charge >= 0.3 is 0 Å². The van der Waals surface area contributed by atoms with Gasteiger partial charge in [0, 0.05) is 35.9 Å². The van der Waals surface area contributed by atoms with Gasteiger partial charge in [0.25, 0.3) is 0 Å². The summed E-state index contributed by atoms with van der Waals surface area (Å²) in [5.41, 5.74) is 3.09. The zero-order valence-corrected chi connectivity index (χ0v) is 14.6. The summed E-state index contributed by atoms with van der Waals surface area (Å²) in [6, 6.07) is 16.6. The van der Waals surface area contributed by atoms with Crippen molar-refractivity contribution in [1.29, 1.82) is 0 Å². The van der Waals surface area contributed by atoms with Crippen LogP contribution in [0, 0.1) is 5.82 Å². The normalized spacial score (nSPS) is 16.8. The van der Waals surface area contributed by atoms with Crippen LogP contribution in [0.4, 0.5) is 10.1 Å². The molecule has 0 amide bonds. The van der Waals surface area contributed by atoms with Gasteiger partial charge in [0.2, 0.25) is 0 Å². The molecule has 26 heavy (non-hydrogen) atoms. The van der Waals surface area contributed by atoms with Gasteiger partial charge in [-0.1, -0.05) is 0 Å². The zero-order valence-electron chi connectivity index (χ0n) is 14.6. The lowest BCUT2D eigenvalue weighted by Crippen LogP contribution is -2.22. The van der Waals surface area contributed by atoms with E-state index in [1.807, 2.05) is 37.4 Å². The van der Waals surface area contributed by atoms with Crippen molar-refractivity contribution in [1.82, 2.24) is 4.57 Å². The molecule has 134 valence electrons. The lowest BCUT2D eigenvalue weighted by Gasteiger charge is -2.24. The highest BCUT2D eigenvalue weighted by atomic mass is 19.1. The van der Waals surface area contributed by atoms with Gasteiger partial charge in [-0.15, -0.1) is 0 Å². The van der Waals surface area contributed by atoms with Crippen LogP contribution in [0.15, 0.2) is 67.0 Å². The van der Waals surface area contributed by atoms with Crippen molar-refractivity contribution in [3.05, 3.63) is 78.4 Å². The lowest BCUT2D eigenvalue weighted by atomic mass is 10.2. The van der Waals surface area contributed by atoms with E-state index in [2.05, 4.69) is 21.7 Å². The van der Waals surface area contributed by atoms with E-state index in [0.717, 1.165) is 29.2 Å². The van der Waals surface area contributed by atoms with Gasteiger partial charge in [-0.25, -0.2) is 4.39 Å². The molecule has 3 aromatic rings.